The van der Waals surface area contributed by atoms with Crippen LogP contribution >= 0.6 is 0 Å². The van der Waals surface area contributed by atoms with Crippen LogP contribution in [0.15, 0.2) is 60.7 Å². The van der Waals surface area contributed by atoms with Crippen LogP contribution < -0.4 is 10.4 Å². The van der Waals surface area contributed by atoms with Crippen LogP contribution in [-0.4, -0.2) is 68.3 Å². The highest BCUT2D eigenvalue weighted by atomic mass is 28.5. The molecule has 46 heavy (non-hydrogen) atoms. The number of methoxy groups -OCH3 is 1. The molecule has 3 atom stereocenters. The Labute approximate surface area is 272 Å². The number of hydrogen-bond donors (Lipinski definition) is 0. The summed E-state index contributed by atoms with van der Waals surface area (Å²) >= 11 is 0. The Morgan fingerprint density at radius 2 is 1.26 bits per heavy atom. The molecule has 0 amide bonds. The number of alkyl halides is 6. The Morgan fingerprint density at radius 1 is 0.783 bits per heavy atom. The van der Waals surface area contributed by atoms with E-state index in [0.29, 0.717) is 13.7 Å². The van der Waals surface area contributed by atoms with Crippen molar-refractivity contribution in [2.75, 3.05) is 13.7 Å². The standard InChI is InChI=1S/C26H42O4Si3.C6H6F6O/c1-9-26(2,3)25(27)28-21-16-22-31(4,5)29-33(8,24-19-14-11-15-20-24)30-32(6,7)23-17-12-10-13-18-23;1-3(7)4(8,9)5(10,11)6(3,12)13-2/h10-15,17-20H,9,16,21-22H2,1-8H3;1-2H3. The van der Waals surface area contributed by atoms with Gasteiger partial charge in [-0.15, -0.1) is 0 Å². The number of ether oxygens (including phenoxy) is 2. The zero-order valence-electron chi connectivity index (χ0n) is 28.4. The monoisotopic (exact) mass is 710 g/mol. The van der Waals surface area contributed by atoms with Crippen LogP contribution in [0.2, 0.25) is 38.8 Å². The average Bonchev–Trinajstić information content (AvgIpc) is 2.98. The van der Waals surface area contributed by atoms with E-state index in [1.165, 1.54) is 10.4 Å². The van der Waals surface area contributed by atoms with Crippen molar-refractivity contribution in [3.63, 3.8) is 0 Å². The van der Waals surface area contributed by atoms with E-state index in [9.17, 15) is 31.1 Å². The molecule has 0 aromatic heterocycles. The lowest BCUT2D eigenvalue weighted by molar-refractivity contribution is -0.493. The van der Waals surface area contributed by atoms with Gasteiger partial charge in [0, 0.05) is 7.11 Å². The van der Waals surface area contributed by atoms with Gasteiger partial charge in [0.15, 0.2) is 8.32 Å². The molecule has 2 aromatic carbocycles. The molecule has 0 aliphatic heterocycles. The molecule has 1 aliphatic carbocycles. The van der Waals surface area contributed by atoms with E-state index in [1.807, 2.05) is 32.9 Å². The second-order valence-electron chi connectivity index (χ2n) is 13.6. The van der Waals surface area contributed by atoms with Crippen molar-refractivity contribution in [3.8, 4) is 0 Å². The molecular weight excluding hydrogens is 663 g/mol. The van der Waals surface area contributed by atoms with Gasteiger partial charge in [-0.2, -0.15) is 17.6 Å². The molecule has 1 fully saturated rings. The second-order valence-corrected chi connectivity index (χ2v) is 25.3. The van der Waals surface area contributed by atoms with Crippen LogP contribution in [0.3, 0.4) is 0 Å². The number of esters is 1. The smallest absolute Gasteiger partial charge is 0.374 e. The molecule has 1 saturated carbocycles. The Bertz CT molecular complexity index is 1280. The van der Waals surface area contributed by atoms with E-state index in [2.05, 4.69) is 86.0 Å². The van der Waals surface area contributed by atoms with Crippen LogP contribution in [0.5, 0.6) is 0 Å². The maximum Gasteiger partial charge on any atom is 0.374 e. The van der Waals surface area contributed by atoms with Gasteiger partial charge in [0.25, 0.3) is 0 Å². The quantitative estimate of drug-likeness (QED) is 0.0914. The van der Waals surface area contributed by atoms with Gasteiger partial charge in [0.2, 0.25) is 14.0 Å². The highest BCUT2D eigenvalue weighted by Crippen LogP contribution is 2.67. The zero-order valence-corrected chi connectivity index (χ0v) is 31.4. The normalized spacial score (nSPS) is 23.7. The summed E-state index contributed by atoms with van der Waals surface area (Å²) in [4.78, 5) is 12.3. The molecule has 14 heteroatoms. The highest BCUT2D eigenvalue weighted by Gasteiger charge is 2.97. The first kappa shape index (κ1) is 40.2. The van der Waals surface area contributed by atoms with Crippen LogP contribution in [0.25, 0.3) is 0 Å². The molecular formula is C32H48F6O5Si3. The summed E-state index contributed by atoms with van der Waals surface area (Å²) < 4.78 is 98.1. The van der Waals surface area contributed by atoms with Gasteiger partial charge in [-0.25, -0.2) is 8.78 Å². The number of hydrogen-bond acceptors (Lipinski definition) is 5. The number of benzene rings is 2. The summed E-state index contributed by atoms with van der Waals surface area (Å²) in [5.74, 6) is -14.6. The summed E-state index contributed by atoms with van der Waals surface area (Å²) in [6.07, 6.45) is 1.58. The molecule has 0 spiro atoms. The van der Waals surface area contributed by atoms with Crippen LogP contribution in [-0.2, 0) is 22.5 Å². The Hall–Kier alpha value is -1.98. The van der Waals surface area contributed by atoms with Crippen LogP contribution in [0.1, 0.15) is 40.5 Å². The van der Waals surface area contributed by atoms with Crippen molar-refractivity contribution in [1.82, 2.24) is 0 Å². The van der Waals surface area contributed by atoms with Gasteiger partial charge < -0.3 is 17.7 Å². The van der Waals surface area contributed by atoms with E-state index < -0.39 is 54.0 Å². The third-order valence-corrected chi connectivity index (χ3v) is 20.6. The summed E-state index contributed by atoms with van der Waals surface area (Å²) in [7, 11) is -6.54. The van der Waals surface area contributed by atoms with Crippen molar-refractivity contribution < 1.29 is 48.8 Å². The average molecular weight is 711 g/mol. The van der Waals surface area contributed by atoms with Gasteiger partial charge in [-0.1, -0.05) is 67.6 Å². The lowest BCUT2D eigenvalue weighted by Crippen LogP contribution is -2.85. The van der Waals surface area contributed by atoms with E-state index in [1.54, 1.807) is 0 Å². The number of carbonyl (C=O) groups is 1. The largest absolute Gasteiger partial charge is 0.465 e. The Balaban J connectivity index is 0.000000471. The van der Waals surface area contributed by atoms with Gasteiger partial charge in [-0.05, 0) is 82.8 Å². The van der Waals surface area contributed by atoms with Crippen molar-refractivity contribution in [2.45, 2.75) is 103 Å². The van der Waals surface area contributed by atoms with Gasteiger partial charge in [0.1, 0.15) is 0 Å². The Morgan fingerprint density at radius 3 is 1.67 bits per heavy atom. The van der Waals surface area contributed by atoms with E-state index in [-0.39, 0.29) is 12.9 Å². The lowest BCUT2D eigenvalue weighted by Gasteiger charge is -2.55. The highest BCUT2D eigenvalue weighted by molar-refractivity contribution is 6.98. The molecule has 0 N–H and O–H groups in total. The lowest BCUT2D eigenvalue weighted by atomic mass is 9.69. The predicted molar refractivity (Wildman–Crippen MR) is 176 cm³/mol. The van der Waals surface area contributed by atoms with Crippen molar-refractivity contribution >= 4 is 41.5 Å². The van der Waals surface area contributed by atoms with Gasteiger partial charge in [-0.3, -0.25) is 4.79 Å². The molecule has 0 saturated heterocycles. The van der Waals surface area contributed by atoms with E-state index >= 15 is 0 Å². The summed E-state index contributed by atoms with van der Waals surface area (Å²) in [6, 6.07) is 21.9. The zero-order chi connectivity index (χ0) is 35.5. The molecule has 1 aliphatic rings. The SMILES string of the molecule is CCC(C)(C)C(=O)OCCC[Si](C)(C)O[Si](C)(O[Si](C)(C)c1ccccc1)c1ccccc1.COC1(F)C(C)(F)C(F)(F)C1(F)F. The first-order valence-corrected chi connectivity index (χ1v) is 23.6. The summed E-state index contributed by atoms with van der Waals surface area (Å²) in [6.45, 7) is 17.6. The Kier molecular flexibility index (Phi) is 12.4. The second kappa shape index (κ2) is 14.2. The molecule has 3 unspecified atom stereocenters. The minimum atomic E-state index is -5.14. The van der Waals surface area contributed by atoms with E-state index in [4.69, 9.17) is 13.0 Å². The summed E-state index contributed by atoms with van der Waals surface area (Å²) in [5.41, 5.74) is -4.44. The van der Waals surface area contributed by atoms with Gasteiger partial charge >= 0.3 is 32.2 Å². The van der Waals surface area contributed by atoms with Crippen molar-refractivity contribution in [3.05, 3.63) is 60.7 Å². The molecule has 3 rings (SSSR count). The van der Waals surface area contributed by atoms with E-state index in [0.717, 1.165) is 18.9 Å². The predicted octanol–water partition coefficient (Wildman–Crippen LogP) is 8.00. The third-order valence-electron chi connectivity index (χ3n) is 8.55. The van der Waals surface area contributed by atoms with Gasteiger partial charge in [0.05, 0.1) is 12.0 Å². The van der Waals surface area contributed by atoms with Crippen molar-refractivity contribution in [1.29, 1.82) is 0 Å². The topological polar surface area (TPSA) is 54.0 Å². The molecule has 5 nitrogen and oxygen atoms in total. The molecule has 2 aromatic rings. The number of carbonyl (C=O) groups excluding carboxylic acids is 1. The minimum Gasteiger partial charge on any atom is -0.465 e. The maximum absolute atomic E-state index is 12.9. The molecule has 0 bridgehead atoms. The maximum atomic E-state index is 12.9. The summed E-state index contributed by atoms with van der Waals surface area (Å²) in [5, 5.41) is 2.44. The fraction of sp³-hybridized carbons (Fsp3) is 0.594. The first-order valence-electron chi connectivity index (χ1n) is 15.2. The molecule has 0 heterocycles. The fourth-order valence-electron chi connectivity index (χ4n) is 5.10. The van der Waals surface area contributed by atoms with Crippen LogP contribution in [0.4, 0.5) is 26.3 Å². The van der Waals surface area contributed by atoms with Crippen LogP contribution in [0, 0.1) is 5.41 Å². The first-order chi connectivity index (χ1) is 20.9. The number of halogens is 6. The third kappa shape index (κ3) is 8.00. The fourth-order valence-corrected chi connectivity index (χ4v) is 18.4. The van der Waals surface area contributed by atoms with Crippen molar-refractivity contribution in [2.24, 2.45) is 5.41 Å². The number of rotatable bonds is 13. The molecule has 0 radical (unpaired) electrons. The minimum absolute atomic E-state index is 0.0356. The molecule has 260 valence electrons.